The highest BCUT2D eigenvalue weighted by Crippen LogP contribution is 2.24. The number of thioether (sulfide) groups is 1. The number of rotatable bonds is 6. The van der Waals surface area contributed by atoms with Crippen molar-refractivity contribution in [1.29, 1.82) is 0 Å². The van der Waals surface area contributed by atoms with Gasteiger partial charge in [-0.25, -0.2) is 8.42 Å². The predicted octanol–water partition coefficient (Wildman–Crippen LogP) is 3.13. The summed E-state index contributed by atoms with van der Waals surface area (Å²) in [6, 6.07) is 12.1. The molecule has 0 saturated carbocycles. The number of benzene rings is 2. The van der Waals surface area contributed by atoms with Crippen LogP contribution in [0, 0.1) is 13.8 Å². The predicted molar refractivity (Wildman–Crippen MR) is 118 cm³/mol. The van der Waals surface area contributed by atoms with E-state index in [4.69, 9.17) is 0 Å². The van der Waals surface area contributed by atoms with Gasteiger partial charge in [0, 0.05) is 36.6 Å². The van der Waals surface area contributed by atoms with Crippen LogP contribution < -0.4 is 0 Å². The Hall–Kier alpha value is -2.16. The lowest BCUT2D eigenvalue weighted by Gasteiger charge is -2.34. The molecule has 160 valence electrons. The van der Waals surface area contributed by atoms with Crippen LogP contribution in [0.1, 0.15) is 28.4 Å². The first-order chi connectivity index (χ1) is 14.2. The van der Waals surface area contributed by atoms with Gasteiger partial charge in [0.2, 0.25) is 15.9 Å². The number of carbonyl (C=O) groups excluding carboxylic acids is 2. The normalized spacial score (nSPS) is 15.2. The average Bonchev–Trinajstić information content (AvgIpc) is 2.73. The summed E-state index contributed by atoms with van der Waals surface area (Å²) in [7, 11) is -3.64. The Morgan fingerprint density at radius 3 is 2.17 bits per heavy atom. The van der Waals surface area contributed by atoms with Crippen molar-refractivity contribution in [3.8, 4) is 0 Å². The van der Waals surface area contributed by atoms with E-state index >= 15 is 0 Å². The highest BCUT2D eigenvalue weighted by atomic mass is 32.2. The Morgan fingerprint density at radius 1 is 0.967 bits per heavy atom. The van der Waals surface area contributed by atoms with Crippen molar-refractivity contribution in [2.24, 2.45) is 0 Å². The highest BCUT2D eigenvalue weighted by Gasteiger charge is 2.30. The van der Waals surface area contributed by atoms with Gasteiger partial charge in [-0.05, 0) is 44.5 Å². The molecule has 1 fully saturated rings. The molecule has 0 unspecified atom stereocenters. The van der Waals surface area contributed by atoms with Crippen molar-refractivity contribution in [1.82, 2.24) is 9.21 Å². The third kappa shape index (κ3) is 5.11. The lowest BCUT2D eigenvalue weighted by molar-refractivity contribution is -0.129. The van der Waals surface area contributed by atoms with E-state index in [1.807, 2.05) is 26.0 Å². The number of piperazine rings is 1. The molecule has 0 aliphatic carbocycles. The minimum absolute atomic E-state index is 0.0165. The van der Waals surface area contributed by atoms with E-state index in [0.717, 1.165) is 10.5 Å². The molecule has 1 heterocycles. The van der Waals surface area contributed by atoms with Gasteiger partial charge in [-0.15, -0.1) is 11.8 Å². The summed E-state index contributed by atoms with van der Waals surface area (Å²) < 4.78 is 27.1. The number of amides is 1. The number of nitrogens with zero attached hydrogens (tertiary/aromatic N) is 2. The lowest BCUT2D eigenvalue weighted by Crippen LogP contribution is -2.50. The van der Waals surface area contributed by atoms with Crippen molar-refractivity contribution in [3.63, 3.8) is 0 Å². The van der Waals surface area contributed by atoms with Gasteiger partial charge in [-0.2, -0.15) is 4.31 Å². The molecule has 30 heavy (non-hydrogen) atoms. The van der Waals surface area contributed by atoms with Crippen LogP contribution in [0.4, 0.5) is 0 Å². The molecular formula is C22H26N2O4S2. The second-order valence-electron chi connectivity index (χ2n) is 7.42. The fraction of sp³-hybridized carbons (Fsp3) is 0.364. The number of ketones is 1. The molecule has 2 aromatic rings. The molecular weight excluding hydrogens is 420 g/mol. The van der Waals surface area contributed by atoms with E-state index in [1.54, 1.807) is 4.90 Å². The van der Waals surface area contributed by atoms with E-state index in [1.165, 1.54) is 52.8 Å². The smallest absolute Gasteiger partial charge is 0.243 e. The summed E-state index contributed by atoms with van der Waals surface area (Å²) in [6.45, 7) is 6.78. The number of carbonyl (C=O) groups is 2. The first-order valence-corrected chi connectivity index (χ1v) is 12.2. The fourth-order valence-electron chi connectivity index (χ4n) is 3.38. The second-order valence-corrected chi connectivity index (χ2v) is 10.4. The topological polar surface area (TPSA) is 74.8 Å². The maximum absolute atomic E-state index is 12.9. The molecule has 1 saturated heterocycles. The SMILES string of the molecule is CC(=O)c1ccc(S(=O)(=O)N2CCN(C(=O)CSc3ccc(C)cc3C)CC2)cc1. The molecule has 1 aliphatic heterocycles. The fourth-order valence-corrected chi connectivity index (χ4v) is 5.72. The maximum atomic E-state index is 12.9. The monoisotopic (exact) mass is 446 g/mol. The Morgan fingerprint density at radius 2 is 1.60 bits per heavy atom. The van der Waals surface area contributed by atoms with Gasteiger partial charge in [-0.3, -0.25) is 9.59 Å². The van der Waals surface area contributed by atoms with Crippen LogP contribution in [0.25, 0.3) is 0 Å². The van der Waals surface area contributed by atoms with Crippen LogP contribution in [-0.2, 0) is 14.8 Å². The summed E-state index contributed by atoms with van der Waals surface area (Å²) in [5.74, 6) is 0.246. The zero-order valence-corrected chi connectivity index (χ0v) is 19.1. The van der Waals surface area contributed by atoms with E-state index in [2.05, 4.69) is 6.07 Å². The maximum Gasteiger partial charge on any atom is 0.243 e. The van der Waals surface area contributed by atoms with Crippen molar-refractivity contribution < 1.29 is 18.0 Å². The zero-order chi connectivity index (χ0) is 21.9. The Balaban J connectivity index is 1.56. The van der Waals surface area contributed by atoms with Crippen LogP contribution in [0.2, 0.25) is 0 Å². The van der Waals surface area contributed by atoms with Crippen LogP contribution in [0.3, 0.4) is 0 Å². The van der Waals surface area contributed by atoms with Gasteiger partial charge >= 0.3 is 0 Å². The Labute approximate surface area is 182 Å². The summed E-state index contributed by atoms with van der Waals surface area (Å²) in [6.07, 6.45) is 0. The standard InChI is InChI=1S/C22H26N2O4S2/c1-16-4-9-21(17(2)14-16)29-15-22(26)23-10-12-24(13-11-23)30(27,28)20-7-5-19(6-8-20)18(3)25/h4-9,14H,10-13,15H2,1-3H3. The highest BCUT2D eigenvalue weighted by molar-refractivity contribution is 8.00. The summed E-state index contributed by atoms with van der Waals surface area (Å²) in [5.41, 5.74) is 2.82. The van der Waals surface area contributed by atoms with Gasteiger partial charge in [0.1, 0.15) is 0 Å². The molecule has 0 bridgehead atoms. The molecule has 6 nitrogen and oxygen atoms in total. The van der Waals surface area contributed by atoms with Gasteiger partial charge in [-0.1, -0.05) is 29.8 Å². The van der Waals surface area contributed by atoms with E-state index in [-0.39, 0.29) is 29.7 Å². The molecule has 0 atom stereocenters. The number of aryl methyl sites for hydroxylation is 2. The zero-order valence-electron chi connectivity index (χ0n) is 17.4. The molecule has 0 spiro atoms. The van der Waals surface area contributed by atoms with Crippen LogP contribution in [0.5, 0.6) is 0 Å². The Bertz CT molecular complexity index is 1040. The van der Waals surface area contributed by atoms with Gasteiger partial charge in [0.05, 0.1) is 10.6 Å². The molecule has 0 radical (unpaired) electrons. The summed E-state index contributed by atoms with van der Waals surface area (Å²) >= 11 is 1.51. The molecule has 0 aromatic heterocycles. The summed E-state index contributed by atoms with van der Waals surface area (Å²) in [5, 5.41) is 0. The van der Waals surface area contributed by atoms with Crippen LogP contribution in [-0.4, -0.2) is 61.2 Å². The van der Waals surface area contributed by atoms with Crippen LogP contribution in [0.15, 0.2) is 52.3 Å². The van der Waals surface area contributed by atoms with Crippen molar-refractivity contribution in [2.45, 2.75) is 30.6 Å². The number of hydrogen-bond donors (Lipinski definition) is 0. The van der Waals surface area contributed by atoms with E-state index < -0.39 is 10.0 Å². The average molecular weight is 447 g/mol. The van der Waals surface area contributed by atoms with Crippen molar-refractivity contribution in [2.75, 3.05) is 31.9 Å². The second kappa shape index (κ2) is 9.32. The number of sulfonamides is 1. The van der Waals surface area contributed by atoms with E-state index in [9.17, 15) is 18.0 Å². The van der Waals surface area contributed by atoms with Crippen molar-refractivity contribution in [3.05, 3.63) is 59.2 Å². The number of hydrogen-bond acceptors (Lipinski definition) is 5. The first kappa shape index (κ1) is 22.5. The van der Waals surface area contributed by atoms with Gasteiger partial charge in [0.15, 0.2) is 5.78 Å². The first-order valence-electron chi connectivity index (χ1n) is 9.77. The summed E-state index contributed by atoms with van der Waals surface area (Å²) in [4.78, 5) is 26.9. The minimum atomic E-state index is -3.64. The van der Waals surface area contributed by atoms with Crippen molar-refractivity contribution >= 4 is 33.5 Å². The van der Waals surface area contributed by atoms with Gasteiger partial charge < -0.3 is 4.90 Å². The van der Waals surface area contributed by atoms with Gasteiger partial charge in [0.25, 0.3) is 0 Å². The molecule has 3 rings (SSSR count). The third-order valence-electron chi connectivity index (χ3n) is 5.17. The van der Waals surface area contributed by atoms with Crippen LogP contribution >= 0.6 is 11.8 Å². The molecule has 0 N–H and O–H groups in total. The largest absolute Gasteiger partial charge is 0.339 e. The Kier molecular flexibility index (Phi) is 7.00. The molecule has 8 heteroatoms. The number of Topliss-reactive ketones (excluding diaryl/α,β-unsaturated/α-hetero) is 1. The molecule has 1 amide bonds. The minimum Gasteiger partial charge on any atom is -0.339 e. The third-order valence-corrected chi connectivity index (χ3v) is 8.24. The quantitative estimate of drug-likeness (QED) is 0.503. The molecule has 1 aliphatic rings. The van der Waals surface area contributed by atoms with E-state index in [0.29, 0.717) is 24.4 Å². The molecule has 2 aromatic carbocycles. The lowest BCUT2D eigenvalue weighted by atomic mass is 10.2.